The van der Waals surface area contributed by atoms with Crippen molar-refractivity contribution in [2.24, 2.45) is 0 Å². The van der Waals surface area contributed by atoms with E-state index >= 15 is 0 Å². The second kappa shape index (κ2) is 11.3. The Bertz CT molecular complexity index is 1400. The molecule has 0 bridgehead atoms. The van der Waals surface area contributed by atoms with Crippen LogP contribution in [0.5, 0.6) is 11.5 Å². The Balaban J connectivity index is 1.43. The first-order chi connectivity index (χ1) is 17.7. The van der Waals surface area contributed by atoms with Crippen LogP contribution >= 0.6 is 11.8 Å². The summed E-state index contributed by atoms with van der Waals surface area (Å²) in [6.45, 7) is 5.91. The largest absolute Gasteiger partial charge is 0.493 e. The van der Waals surface area contributed by atoms with Gasteiger partial charge in [-0.25, -0.2) is 0 Å². The van der Waals surface area contributed by atoms with Gasteiger partial charge in [0, 0.05) is 5.69 Å². The number of rotatable bonds is 8. The molecule has 190 valence electrons. The summed E-state index contributed by atoms with van der Waals surface area (Å²) in [4.78, 5) is 39.2. The van der Waals surface area contributed by atoms with Gasteiger partial charge in [0.15, 0.2) is 11.5 Å². The molecule has 0 atom stereocenters. The molecular weight excluding hydrogens is 488 g/mol. The smallest absolute Gasteiger partial charge is 0.294 e. The van der Waals surface area contributed by atoms with E-state index in [0.717, 1.165) is 38.9 Å². The van der Waals surface area contributed by atoms with Gasteiger partial charge in [0.2, 0.25) is 5.91 Å². The second-order valence-corrected chi connectivity index (χ2v) is 9.74. The monoisotopic (exact) mass is 516 g/mol. The first-order valence-corrected chi connectivity index (χ1v) is 12.5. The normalized spacial score (nSPS) is 14.3. The molecule has 1 aliphatic rings. The number of amides is 3. The molecule has 1 heterocycles. The Morgan fingerprint density at radius 1 is 1.00 bits per heavy atom. The zero-order chi connectivity index (χ0) is 26.5. The van der Waals surface area contributed by atoms with Crippen molar-refractivity contribution in [1.29, 1.82) is 0 Å². The van der Waals surface area contributed by atoms with Crippen LogP contribution in [0.25, 0.3) is 6.08 Å². The standard InChI is InChI=1S/C29H28N2O5S/c1-18-7-5-9-22(13-18)17-36-24-12-11-21(14-25(24)35-4)15-26-28(33)31(29(34)37-26)16-27(32)30-23-10-6-8-19(2)20(23)3/h5-15H,16-17H2,1-4H3,(H,30,32)/b26-15-. The van der Waals surface area contributed by atoms with E-state index in [0.29, 0.717) is 29.4 Å². The molecule has 1 fully saturated rings. The van der Waals surface area contributed by atoms with Crippen molar-refractivity contribution in [3.05, 3.63) is 93.4 Å². The molecule has 3 aromatic carbocycles. The van der Waals surface area contributed by atoms with Crippen molar-refractivity contribution >= 4 is 40.6 Å². The number of imide groups is 1. The van der Waals surface area contributed by atoms with E-state index in [1.165, 1.54) is 0 Å². The number of hydrogen-bond acceptors (Lipinski definition) is 6. The lowest BCUT2D eigenvalue weighted by atomic mass is 10.1. The van der Waals surface area contributed by atoms with Crippen molar-refractivity contribution in [2.75, 3.05) is 19.0 Å². The number of carbonyl (C=O) groups excluding carboxylic acids is 3. The van der Waals surface area contributed by atoms with Crippen LogP contribution in [-0.2, 0) is 16.2 Å². The number of nitrogens with one attached hydrogen (secondary N) is 1. The molecule has 8 heteroatoms. The lowest BCUT2D eigenvalue weighted by Gasteiger charge is -2.14. The number of nitrogens with zero attached hydrogens (tertiary/aromatic N) is 1. The van der Waals surface area contributed by atoms with Crippen LogP contribution < -0.4 is 14.8 Å². The predicted molar refractivity (Wildman–Crippen MR) is 146 cm³/mol. The highest BCUT2D eigenvalue weighted by Crippen LogP contribution is 2.35. The molecule has 3 amide bonds. The van der Waals surface area contributed by atoms with E-state index in [-0.39, 0.29) is 11.4 Å². The maximum atomic E-state index is 12.9. The molecule has 0 aliphatic carbocycles. The minimum absolute atomic E-state index is 0.236. The van der Waals surface area contributed by atoms with E-state index in [2.05, 4.69) is 11.4 Å². The lowest BCUT2D eigenvalue weighted by molar-refractivity contribution is -0.127. The van der Waals surface area contributed by atoms with Crippen molar-refractivity contribution in [3.63, 3.8) is 0 Å². The first-order valence-electron chi connectivity index (χ1n) is 11.7. The Hall–Kier alpha value is -4.04. The molecule has 1 N–H and O–H groups in total. The number of ether oxygens (including phenoxy) is 2. The van der Waals surface area contributed by atoms with Crippen LogP contribution in [0.2, 0.25) is 0 Å². The maximum absolute atomic E-state index is 12.9. The van der Waals surface area contributed by atoms with E-state index in [1.54, 1.807) is 37.5 Å². The summed E-state index contributed by atoms with van der Waals surface area (Å²) in [7, 11) is 1.54. The number of thioether (sulfide) groups is 1. The highest BCUT2D eigenvalue weighted by atomic mass is 32.2. The van der Waals surface area contributed by atoms with Crippen molar-refractivity contribution < 1.29 is 23.9 Å². The van der Waals surface area contributed by atoms with E-state index < -0.39 is 17.1 Å². The molecular formula is C29H28N2O5S. The molecule has 1 saturated heterocycles. The van der Waals surface area contributed by atoms with Crippen LogP contribution in [-0.4, -0.2) is 35.6 Å². The predicted octanol–water partition coefficient (Wildman–Crippen LogP) is 5.87. The summed E-state index contributed by atoms with van der Waals surface area (Å²) < 4.78 is 11.4. The van der Waals surface area contributed by atoms with Crippen LogP contribution in [0.1, 0.15) is 27.8 Å². The van der Waals surface area contributed by atoms with Gasteiger partial charge in [0.1, 0.15) is 13.2 Å². The quantitative estimate of drug-likeness (QED) is 0.377. The highest BCUT2D eigenvalue weighted by molar-refractivity contribution is 8.18. The van der Waals surface area contributed by atoms with Crippen LogP contribution in [0.15, 0.2) is 65.6 Å². The lowest BCUT2D eigenvalue weighted by Crippen LogP contribution is -2.36. The van der Waals surface area contributed by atoms with Crippen molar-refractivity contribution in [2.45, 2.75) is 27.4 Å². The molecule has 3 aromatic rings. The SMILES string of the molecule is COc1cc(/C=C2\SC(=O)N(CC(=O)Nc3cccc(C)c3C)C2=O)ccc1OCc1cccc(C)c1. The zero-order valence-corrected chi connectivity index (χ0v) is 22.0. The van der Waals surface area contributed by atoms with Gasteiger partial charge in [0.25, 0.3) is 11.1 Å². The molecule has 4 rings (SSSR count). The Morgan fingerprint density at radius 2 is 1.78 bits per heavy atom. The number of carbonyl (C=O) groups is 3. The van der Waals surface area contributed by atoms with Gasteiger partial charge in [-0.05, 0) is 79.1 Å². The number of methoxy groups -OCH3 is 1. The number of anilines is 1. The average Bonchev–Trinajstić information content (AvgIpc) is 3.13. The minimum Gasteiger partial charge on any atom is -0.493 e. The van der Waals surface area contributed by atoms with Gasteiger partial charge in [0.05, 0.1) is 12.0 Å². The van der Waals surface area contributed by atoms with Crippen molar-refractivity contribution in [1.82, 2.24) is 4.90 Å². The molecule has 7 nitrogen and oxygen atoms in total. The topological polar surface area (TPSA) is 84.9 Å². The summed E-state index contributed by atoms with van der Waals surface area (Å²) in [5.74, 6) is 0.129. The van der Waals surface area contributed by atoms with Crippen molar-refractivity contribution in [3.8, 4) is 11.5 Å². The summed E-state index contributed by atoms with van der Waals surface area (Å²) in [5.41, 5.74) is 5.50. The highest BCUT2D eigenvalue weighted by Gasteiger charge is 2.36. The van der Waals surface area contributed by atoms with E-state index in [1.807, 2.05) is 51.1 Å². The van der Waals surface area contributed by atoms with Gasteiger partial charge >= 0.3 is 0 Å². The van der Waals surface area contributed by atoms with Crippen LogP contribution in [0.3, 0.4) is 0 Å². The Morgan fingerprint density at radius 3 is 2.54 bits per heavy atom. The molecule has 0 radical (unpaired) electrons. The Labute approximate surface area is 220 Å². The summed E-state index contributed by atoms with van der Waals surface area (Å²) in [6, 6.07) is 18.9. The molecule has 1 aliphatic heterocycles. The molecule has 0 spiro atoms. The second-order valence-electron chi connectivity index (χ2n) is 8.75. The fourth-order valence-corrected chi connectivity index (χ4v) is 4.70. The third-order valence-electron chi connectivity index (χ3n) is 6.02. The molecule has 0 unspecified atom stereocenters. The number of benzene rings is 3. The third kappa shape index (κ3) is 6.21. The maximum Gasteiger partial charge on any atom is 0.294 e. The minimum atomic E-state index is -0.509. The van der Waals surface area contributed by atoms with Gasteiger partial charge in [-0.1, -0.05) is 48.0 Å². The number of hydrogen-bond donors (Lipinski definition) is 1. The Kier molecular flexibility index (Phi) is 7.98. The molecule has 0 saturated carbocycles. The molecule has 37 heavy (non-hydrogen) atoms. The third-order valence-corrected chi connectivity index (χ3v) is 6.92. The van der Waals surface area contributed by atoms with Crippen LogP contribution in [0.4, 0.5) is 10.5 Å². The summed E-state index contributed by atoms with van der Waals surface area (Å²) in [5, 5.41) is 2.30. The van der Waals surface area contributed by atoms with Crippen LogP contribution in [0, 0.1) is 20.8 Å². The summed E-state index contributed by atoms with van der Waals surface area (Å²) >= 11 is 0.804. The van der Waals surface area contributed by atoms with Gasteiger partial charge < -0.3 is 14.8 Å². The number of aryl methyl sites for hydroxylation is 2. The van der Waals surface area contributed by atoms with E-state index in [4.69, 9.17) is 9.47 Å². The zero-order valence-electron chi connectivity index (χ0n) is 21.2. The molecule has 0 aromatic heterocycles. The van der Waals surface area contributed by atoms with E-state index in [9.17, 15) is 14.4 Å². The first kappa shape index (κ1) is 26.0. The van der Waals surface area contributed by atoms with Gasteiger partial charge in [-0.15, -0.1) is 0 Å². The fraction of sp³-hybridized carbons (Fsp3) is 0.207. The fourth-order valence-electron chi connectivity index (χ4n) is 3.86. The average molecular weight is 517 g/mol. The van der Waals surface area contributed by atoms with Gasteiger partial charge in [-0.2, -0.15) is 0 Å². The summed E-state index contributed by atoms with van der Waals surface area (Å²) in [6.07, 6.45) is 1.61. The van der Waals surface area contributed by atoms with Gasteiger partial charge in [-0.3, -0.25) is 19.3 Å².